The number of benzene rings is 4. The second kappa shape index (κ2) is 11.6. The first-order chi connectivity index (χ1) is 20.3. The summed E-state index contributed by atoms with van der Waals surface area (Å²) >= 11 is 0. The summed E-state index contributed by atoms with van der Waals surface area (Å²) in [7, 11) is 0. The number of carbonyl (C=O) groups excluding carboxylic acids is 2. The van der Waals surface area contributed by atoms with Crippen LogP contribution in [0.5, 0.6) is 11.5 Å². The van der Waals surface area contributed by atoms with E-state index in [-0.39, 0.29) is 33.8 Å². The van der Waals surface area contributed by atoms with E-state index in [0.717, 1.165) is 24.3 Å². The minimum absolute atomic E-state index is 0.0189. The first kappa shape index (κ1) is 29.6. The van der Waals surface area contributed by atoms with Crippen LogP contribution in [0.25, 0.3) is 22.3 Å². The van der Waals surface area contributed by atoms with Crippen molar-refractivity contribution in [3.05, 3.63) is 124 Å². The molecule has 0 fully saturated rings. The Bertz CT molecular complexity index is 1750. The Morgan fingerprint density at radius 1 is 0.558 bits per heavy atom. The SMILES string of the molecule is CC(=O)c1cccc(-c2c(Oc3ccc([N+](=O)[O-])c([N+](=O)[O-])c3-c3cccc(C(C)=O)c3)ccc([N+](=O)[O-])c2[N+](=O)[O-])c1. The summed E-state index contributed by atoms with van der Waals surface area (Å²) in [5.74, 6) is -1.58. The number of hydrogen-bond donors (Lipinski definition) is 0. The van der Waals surface area contributed by atoms with Gasteiger partial charge in [-0.15, -0.1) is 0 Å². The Labute approximate surface area is 240 Å². The van der Waals surface area contributed by atoms with E-state index < -0.39 is 65.1 Å². The van der Waals surface area contributed by atoms with Crippen molar-refractivity contribution in [3.63, 3.8) is 0 Å². The van der Waals surface area contributed by atoms with Gasteiger partial charge in [0.15, 0.2) is 11.6 Å². The molecule has 0 saturated heterocycles. The quantitative estimate of drug-likeness (QED) is 0.106. The topological polar surface area (TPSA) is 216 Å². The predicted molar refractivity (Wildman–Crippen MR) is 150 cm³/mol. The van der Waals surface area contributed by atoms with Gasteiger partial charge in [0.05, 0.1) is 19.7 Å². The molecule has 0 amide bonds. The van der Waals surface area contributed by atoms with Crippen LogP contribution in [0.3, 0.4) is 0 Å². The van der Waals surface area contributed by atoms with Crippen LogP contribution in [-0.4, -0.2) is 31.3 Å². The number of Topliss-reactive ketones (excluding diaryl/α,β-unsaturated/α-hetero) is 2. The van der Waals surface area contributed by atoms with Crippen molar-refractivity contribution in [1.82, 2.24) is 0 Å². The molecule has 0 atom stereocenters. The minimum Gasteiger partial charge on any atom is -0.456 e. The van der Waals surface area contributed by atoms with Gasteiger partial charge in [-0.1, -0.05) is 36.4 Å². The van der Waals surface area contributed by atoms with E-state index in [1.807, 2.05) is 0 Å². The van der Waals surface area contributed by atoms with Gasteiger partial charge in [0.25, 0.3) is 0 Å². The summed E-state index contributed by atoms with van der Waals surface area (Å²) in [6.45, 7) is 2.49. The lowest BCUT2D eigenvalue weighted by molar-refractivity contribution is -0.422. The van der Waals surface area contributed by atoms with Crippen LogP contribution >= 0.6 is 0 Å². The Kier molecular flexibility index (Phi) is 8.00. The van der Waals surface area contributed by atoms with Crippen molar-refractivity contribution < 1.29 is 34.0 Å². The maximum Gasteiger partial charge on any atom is 0.357 e. The van der Waals surface area contributed by atoms with E-state index in [0.29, 0.717) is 0 Å². The molecule has 0 bridgehead atoms. The number of ketones is 2. The number of ether oxygens (including phenoxy) is 1. The van der Waals surface area contributed by atoms with Crippen LogP contribution in [0.4, 0.5) is 22.7 Å². The molecule has 0 aliphatic heterocycles. The van der Waals surface area contributed by atoms with Gasteiger partial charge in [-0.2, -0.15) is 0 Å². The molecule has 43 heavy (non-hydrogen) atoms. The highest BCUT2D eigenvalue weighted by molar-refractivity contribution is 5.97. The van der Waals surface area contributed by atoms with E-state index in [9.17, 15) is 50.0 Å². The van der Waals surface area contributed by atoms with E-state index in [1.165, 1.54) is 62.4 Å². The zero-order valence-corrected chi connectivity index (χ0v) is 22.2. The van der Waals surface area contributed by atoms with E-state index in [1.54, 1.807) is 0 Å². The number of nitro groups is 4. The second-order valence-electron chi connectivity index (χ2n) is 9.02. The Morgan fingerprint density at radius 3 is 1.23 bits per heavy atom. The molecule has 0 aliphatic carbocycles. The molecule has 0 N–H and O–H groups in total. The highest BCUT2D eigenvalue weighted by atomic mass is 16.6. The molecule has 0 unspecified atom stereocenters. The second-order valence-corrected chi connectivity index (χ2v) is 9.02. The number of hydrogen-bond acceptors (Lipinski definition) is 11. The number of rotatable bonds is 10. The van der Waals surface area contributed by atoms with Gasteiger partial charge in [-0.3, -0.25) is 50.0 Å². The summed E-state index contributed by atoms with van der Waals surface area (Å²) < 4.78 is 5.98. The zero-order chi connectivity index (χ0) is 31.6. The summed E-state index contributed by atoms with van der Waals surface area (Å²) in [4.78, 5) is 68.0. The summed E-state index contributed by atoms with van der Waals surface area (Å²) in [5, 5.41) is 47.8. The smallest absolute Gasteiger partial charge is 0.357 e. The molecule has 15 nitrogen and oxygen atoms in total. The third-order valence-electron chi connectivity index (χ3n) is 6.33. The van der Waals surface area contributed by atoms with Gasteiger partial charge in [0, 0.05) is 23.3 Å². The summed E-state index contributed by atoms with van der Waals surface area (Å²) in [6, 6.07) is 14.5. The van der Waals surface area contributed by atoms with Gasteiger partial charge in [-0.25, -0.2) is 0 Å². The maximum atomic E-state index is 12.2. The third kappa shape index (κ3) is 5.76. The Morgan fingerprint density at radius 2 is 0.930 bits per heavy atom. The van der Waals surface area contributed by atoms with Crippen molar-refractivity contribution in [3.8, 4) is 33.8 Å². The van der Waals surface area contributed by atoms with Crippen LogP contribution in [0, 0.1) is 40.5 Å². The number of carbonyl (C=O) groups is 2. The molecule has 0 radical (unpaired) electrons. The van der Waals surface area contributed by atoms with Crippen LogP contribution in [-0.2, 0) is 0 Å². The molecule has 4 aromatic carbocycles. The molecule has 0 saturated carbocycles. The third-order valence-corrected chi connectivity index (χ3v) is 6.33. The molecule has 216 valence electrons. The van der Waals surface area contributed by atoms with Gasteiger partial charge in [0.1, 0.15) is 22.6 Å². The average molecular weight is 586 g/mol. The summed E-state index contributed by atoms with van der Waals surface area (Å²) in [6.07, 6.45) is 0. The van der Waals surface area contributed by atoms with Crippen LogP contribution < -0.4 is 4.74 Å². The molecular weight excluding hydrogens is 568 g/mol. The fraction of sp³-hybridized carbons (Fsp3) is 0.0714. The largest absolute Gasteiger partial charge is 0.456 e. The minimum atomic E-state index is -1.00. The fourth-order valence-electron chi connectivity index (χ4n) is 4.42. The Balaban J connectivity index is 2.10. The Hall–Kier alpha value is -6.38. The van der Waals surface area contributed by atoms with E-state index in [4.69, 9.17) is 4.74 Å². The highest BCUT2D eigenvalue weighted by Crippen LogP contribution is 2.49. The van der Waals surface area contributed by atoms with Gasteiger partial charge in [0.2, 0.25) is 0 Å². The lowest BCUT2D eigenvalue weighted by atomic mass is 9.97. The normalized spacial score (nSPS) is 10.6. The lowest BCUT2D eigenvalue weighted by Crippen LogP contribution is -2.04. The van der Waals surface area contributed by atoms with Gasteiger partial charge in [-0.05, 0) is 49.2 Å². The average Bonchev–Trinajstić information content (AvgIpc) is 2.96. The molecule has 4 aromatic rings. The molecular formula is C28H18N4O11. The van der Waals surface area contributed by atoms with Crippen molar-refractivity contribution in [2.24, 2.45) is 0 Å². The molecule has 0 spiro atoms. The van der Waals surface area contributed by atoms with Crippen molar-refractivity contribution in [1.29, 1.82) is 0 Å². The maximum absolute atomic E-state index is 12.2. The highest BCUT2D eigenvalue weighted by Gasteiger charge is 2.36. The van der Waals surface area contributed by atoms with Gasteiger partial charge < -0.3 is 4.74 Å². The lowest BCUT2D eigenvalue weighted by Gasteiger charge is -2.16. The zero-order valence-electron chi connectivity index (χ0n) is 22.2. The molecule has 0 aliphatic rings. The van der Waals surface area contributed by atoms with E-state index >= 15 is 0 Å². The predicted octanol–water partition coefficient (Wildman–Crippen LogP) is 6.85. The first-order valence-electron chi connectivity index (χ1n) is 12.1. The fourth-order valence-corrected chi connectivity index (χ4v) is 4.42. The van der Waals surface area contributed by atoms with Crippen molar-refractivity contribution in [2.75, 3.05) is 0 Å². The molecule has 15 heteroatoms. The monoisotopic (exact) mass is 586 g/mol. The molecule has 4 rings (SSSR count). The van der Waals surface area contributed by atoms with Crippen LogP contribution in [0.15, 0.2) is 72.8 Å². The first-order valence-corrected chi connectivity index (χ1v) is 12.1. The van der Waals surface area contributed by atoms with Crippen LogP contribution in [0.1, 0.15) is 34.6 Å². The van der Waals surface area contributed by atoms with Crippen LogP contribution in [0.2, 0.25) is 0 Å². The number of nitrogens with zero attached hydrogens (tertiary/aromatic N) is 4. The van der Waals surface area contributed by atoms with E-state index in [2.05, 4.69) is 0 Å². The van der Waals surface area contributed by atoms with Gasteiger partial charge >= 0.3 is 22.7 Å². The molecule has 0 aromatic heterocycles. The standard InChI is InChI=1S/C28H18N4O11/c1-15(33)17-5-3-7-19(13-17)25-23(11-9-21(29(35)36)27(25)31(39)40)43-24-12-10-22(30(37)38)28(32(41)42)26(24)20-8-4-6-18(14-20)16(2)34/h3-14H,1-2H3. The summed E-state index contributed by atoms with van der Waals surface area (Å²) in [5.41, 5.74) is -4.41. The van der Waals surface area contributed by atoms with Crippen molar-refractivity contribution in [2.45, 2.75) is 13.8 Å². The number of nitro benzene ring substituents is 4. The van der Waals surface area contributed by atoms with Crippen molar-refractivity contribution >= 4 is 34.3 Å². The molecule has 0 heterocycles.